The van der Waals surface area contributed by atoms with Gasteiger partial charge >= 0.3 is 0 Å². The molecule has 0 fully saturated rings. The molecule has 0 aliphatic carbocycles. The Kier molecular flexibility index (Phi) is 6.75. The van der Waals surface area contributed by atoms with E-state index in [1.807, 2.05) is 60.9 Å². The number of carbonyl (C=O) groups excluding carboxylic acids is 1. The highest BCUT2D eigenvalue weighted by Crippen LogP contribution is 2.28. The number of benzene rings is 2. The quantitative estimate of drug-likeness (QED) is 0.362. The second kappa shape index (κ2) is 9.87. The average Bonchev–Trinajstić information content (AvgIpc) is 3.40. The van der Waals surface area contributed by atoms with Crippen LogP contribution in [0, 0.1) is 13.8 Å². The smallest absolute Gasteiger partial charge is 0.234 e. The molecule has 0 saturated heterocycles. The van der Waals surface area contributed by atoms with Crippen LogP contribution in [0.4, 0.5) is 5.69 Å². The minimum Gasteiger partial charge on any atom is -0.469 e. The zero-order valence-electron chi connectivity index (χ0n) is 18.5. The Labute approximate surface area is 192 Å². The Morgan fingerprint density at radius 3 is 2.59 bits per heavy atom. The Hall–Kier alpha value is -3.32. The summed E-state index contributed by atoms with van der Waals surface area (Å²) in [6, 6.07) is 18.1. The van der Waals surface area contributed by atoms with E-state index in [4.69, 9.17) is 4.42 Å². The highest BCUT2D eigenvalue weighted by Gasteiger charge is 2.19. The maximum Gasteiger partial charge on any atom is 0.234 e. The zero-order valence-corrected chi connectivity index (χ0v) is 19.3. The van der Waals surface area contributed by atoms with Crippen molar-refractivity contribution in [3.63, 3.8) is 0 Å². The van der Waals surface area contributed by atoms with Gasteiger partial charge < -0.3 is 9.73 Å². The summed E-state index contributed by atoms with van der Waals surface area (Å²) < 4.78 is 7.52. The van der Waals surface area contributed by atoms with E-state index in [1.54, 1.807) is 6.26 Å². The van der Waals surface area contributed by atoms with Gasteiger partial charge in [0.05, 0.1) is 24.1 Å². The zero-order chi connectivity index (χ0) is 22.5. The Bertz CT molecular complexity index is 1210. The summed E-state index contributed by atoms with van der Waals surface area (Å²) in [5, 5.41) is 12.6. The van der Waals surface area contributed by atoms with Crippen molar-refractivity contribution in [1.82, 2.24) is 14.8 Å². The van der Waals surface area contributed by atoms with Crippen LogP contribution in [0.3, 0.4) is 0 Å². The number of nitrogens with one attached hydrogen (secondary N) is 1. The van der Waals surface area contributed by atoms with Crippen molar-refractivity contribution in [2.45, 2.75) is 38.9 Å². The summed E-state index contributed by atoms with van der Waals surface area (Å²) in [5.74, 6) is 1.70. The molecule has 32 heavy (non-hydrogen) atoms. The normalized spacial score (nSPS) is 11.0. The summed E-state index contributed by atoms with van der Waals surface area (Å²) in [6.07, 6.45) is 2.52. The molecule has 2 aromatic heterocycles. The van der Waals surface area contributed by atoms with E-state index < -0.39 is 0 Å². The topological polar surface area (TPSA) is 73.0 Å². The van der Waals surface area contributed by atoms with Gasteiger partial charge in [-0.3, -0.25) is 9.36 Å². The third-order valence-corrected chi connectivity index (χ3v) is 6.30. The lowest BCUT2D eigenvalue weighted by Gasteiger charge is -2.13. The lowest BCUT2D eigenvalue weighted by molar-refractivity contribution is -0.113. The molecule has 0 spiro atoms. The summed E-state index contributed by atoms with van der Waals surface area (Å²) in [7, 11) is 0. The second-order valence-corrected chi connectivity index (χ2v) is 8.51. The monoisotopic (exact) mass is 446 g/mol. The number of carbonyl (C=O) groups is 1. The molecule has 164 valence electrons. The van der Waals surface area contributed by atoms with Crippen LogP contribution in [0.15, 0.2) is 70.4 Å². The van der Waals surface area contributed by atoms with E-state index in [0.29, 0.717) is 11.7 Å². The van der Waals surface area contributed by atoms with Gasteiger partial charge in [-0.25, -0.2) is 0 Å². The maximum atomic E-state index is 12.8. The van der Waals surface area contributed by atoms with Crippen LogP contribution in [0.5, 0.6) is 0 Å². The van der Waals surface area contributed by atoms with Crippen LogP contribution in [0.1, 0.15) is 29.4 Å². The van der Waals surface area contributed by atoms with Gasteiger partial charge in [0.15, 0.2) is 11.0 Å². The van der Waals surface area contributed by atoms with Crippen molar-refractivity contribution in [1.29, 1.82) is 0 Å². The molecule has 6 nitrogen and oxygen atoms in total. The first kappa shape index (κ1) is 21.9. The molecule has 2 heterocycles. The molecule has 0 radical (unpaired) electrons. The second-order valence-electron chi connectivity index (χ2n) is 7.57. The Balaban J connectivity index is 1.55. The van der Waals surface area contributed by atoms with Crippen molar-refractivity contribution in [2.24, 2.45) is 0 Å². The molecule has 4 aromatic rings. The van der Waals surface area contributed by atoms with Crippen LogP contribution in [0.2, 0.25) is 0 Å². The molecule has 2 aromatic carbocycles. The van der Waals surface area contributed by atoms with E-state index in [1.165, 1.54) is 11.8 Å². The van der Waals surface area contributed by atoms with Crippen LogP contribution < -0.4 is 5.32 Å². The SMILES string of the molecule is CCc1cccc(C)c1NC(=O)CSc1nnc(-c2ccoc2C)n1Cc1ccccc1. The predicted molar refractivity (Wildman–Crippen MR) is 128 cm³/mol. The molecule has 0 atom stereocenters. The molecule has 1 amide bonds. The van der Waals surface area contributed by atoms with Crippen molar-refractivity contribution >= 4 is 23.4 Å². The summed E-state index contributed by atoms with van der Waals surface area (Å²) >= 11 is 1.38. The average molecular weight is 447 g/mol. The Morgan fingerprint density at radius 1 is 1.06 bits per heavy atom. The highest BCUT2D eigenvalue weighted by atomic mass is 32.2. The minimum atomic E-state index is -0.0608. The largest absolute Gasteiger partial charge is 0.469 e. The number of furan rings is 1. The molecular formula is C25H26N4O2S. The van der Waals surface area contributed by atoms with Gasteiger partial charge in [-0.2, -0.15) is 0 Å². The van der Waals surface area contributed by atoms with Crippen molar-refractivity contribution in [3.05, 3.63) is 83.3 Å². The molecule has 7 heteroatoms. The lowest BCUT2D eigenvalue weighted by Crippen LogP contribution is -2.17. The number of hydrogen-bond donors (Lipinski definition) is 1. The van der Waals surface area contributed by atoms with Crippen LogP contribution in [-0.4, -0.2) is 26.4 Å². The van der Waals surface area contributed by atoms with Gasteiger partial charge in [0.1, 0.15) is 5.76 Å². The van der Waals surface area contributed by atoms with Gasteiger partial charge in [0, 0.05) is 5.69 Å². The molecule has 0 aliphatic heterocycles. The fourth-order valence-electron chi connectivity index (χ4n) is 3.63. The molecule has 4 rings (SSSR count). The minimum absolute atomic E-state index is 0.0608. The molecular weight excluding hydrogens is 420 g/mol. The van der Waals surface area contributed by atoms with E-state index in [2.05, 4.69) is 34.6 Å². The van der Waals surface area contributed by atoms with Gasteiger partial charge in [0.25, 0.3) is 0 Å². The van der Waals surface area contributed by atoms with E-state index in [0.717, 1.165) is 45.9 Å². The van der Waals surface area contributed by atoms with Gasteiger partial charge in [-0.1, -0.05) is 67.2 Å². The maximum absolute atomic E-state index is 12.8. The number of nitrogens with zero attached hydrogens (tertiary/aromatic N) is 3. The molecule has 0 saturated carbocycles. The predicted octanol–water partition coefficient (Wildman–Crippen LogP) is 5.50. The van der Waals surface area contributed by atoms with Gasteiger partial charge in [-0.05, 0) is 43.0 Å². The summed E-state index contributed by atoms with van der Waals surface area (Å²) in [4.78, 5) is 12.8. The van der Waals surface area contributed by atoms with Crippen molar-refractivity contribution in [2.75, 3.05) is 11.1 Å². The molecule has 1 N–H and O–H groups in total. The highest BCUT2D eigenvalue weighted by molar-refractivity contribution is 7.99. The number of hydrogen-bond acceptors (Lipinski definition) is 5. The van der Waals surface area contributed by atoms with E-state index >= 15 is 0 Å². The van der Waals surface area contributed by atoms with Gasteiger partial charge in [-0.15, -0.1) is 10.2 Å². The summed E-state index contributed by atoms with van der Waals surface area (Å²) in [6.45, 7) is 6.61. The number of para-hydroxylation sites is 1. The first-order chi connectivity index (χ1) is 15.6. The van der Waals surface area contributed by atoms with Crippen molar-refractivity contribution < 1.29 is 9.21 Å². The number of amides is 1. The van der Waals surface area contributed by atoms with E-state index in [9.17, 15) is 4.79 Å². The number of anilines is 1. The Morgan fingerprint density at radius 2 is 1.88 bits per heavy atom. The standard InChI is InChI=1S/C25H26N4O2S/c1-4-20-12-8-9-17(2)23(20)26-22(30)16-32-25-28-27-24(21-13-14-31-18(21)3)29(25)15-19-10-6-5-7-11-19/h5-14H,4,15-16H2,1-3H3,(H,26,30). The third-order valence-electron chi connectivity index (χ3n) is 5.34. The fraction of sp³-hybridized carbons (Fsp3) is 0.240. The number of rotatable bonds is 8. The van der Waals surface area contributed by atoms with Crippen LogP contribution in [0.25, 0.3) is 11.4 Å². The molecule has 0 aliphatic rings. The fourth-order valence-corrected chi connectivity index (χ4v) is 4.37. The molecule has 0 bridgehead atoms. The number of aromatic nitrogens is 3. The number of thioether (sulfide) groups is 1. The third kappa shape index (κ3) is 4.78. The van der Waals surface area contributed by atoms with Gasteiger partial charge in [0.2, 0.25) is 5.91 Å². The van der Waals surface area contributed by atoms with Crippen LogP contribution in [-0.2, 0) is 17.8 Å². The summed E-state index contributed by atoms with van der Waals surface area (Å²) in [5.41, 5.74) is 5.13. The van der Waals surface area contributed by atoms with Crippen LogP contribution >= 0.6 is 11.8 Å². The lowest BCUT2D eigenvalue weighted by atomic mass is 10.1. The molecule has 0 unspecified atom stereocenters. The van der Waals surface area contributed by atoms with Crippen molar-refractivity contribution in [3.8, 4) is 11.4 Å². The first-order valence-corrected chi connectivity index (χ1v) is 11.6. The first-order valence-electron chi connectivity index (χ1n) is 10.6. The number of aryl methyl sites for hydroxylation is 3. The van der Waals surface area contributed by atoms with E-state index in [-0.39, 0.29) is 11.7 Å².